The Bertz CT molecular complexity index is 823. The number of halogens is 3. The van der Waals surface area contributed by atoms with E-state index in [1.165, 1.54) is 9.58 Å². The Morgan fingerprint density at radius 3 is 2.44 bits per heavy atom. The van der Waals surface area contributed by atoms with Gasteiger partial charge in [-0.3, -0.25) is 4.68 Å². The highest BCUT2D eigenvalue weighted by atomic mass is 19.4. The molecular weight excluding hydrogens is 359 g/mol. The molecule has 0 N–H and O–H groups in total. The molecule has 146 valence electrons. The zero-order valence-corrected chi connectivity index (χ0v) is 15.5. The van der Waals surface area contributed by atoms with Gasteiger partial charge < -0.3 is 9.64 Å². The van der Waals surface area contributed by atoms with E-state index >= 15 is 0 Å². The summed E-state index contributed by atoms with van der Waals surface area (Å²) in [6.07, 6.45) is -4.97. The number of fused-ring (bicyclic) bond motifs is 1. The first-order chi connectivity index (χ1) is 12.5. The van der Waals surface area contributed by atoms with Crippen LogP contribution in [0.15, 0.2) is 30.3 Å². The smallest absolute Gasteiger partial charge is 0.435 e. The molecular formula is C19H22F3N3O2. The van der Waals surface area contributed by atoms with Gasteiger partial charge in [0.1, 0.15) is 5.60 Å². The number of hydrogen-bond donors (Lipinski definition) is 0. The Kier molecular flexibility index (Phi) is 4.92. The number of carbonyl (C=O) groups excluding carboxylic acids is 1. The van der Waals surface area contributed by atoms with Gasteiger partial charge in [0.25, 0.3) is 0 Å². The van der Waals surface area contributed by atoms with E-state index < -0.39 is 23.6 Å². The van der Waals surface area contributed by atoms with Crippen LogP contribution in [0.3, 0.4) is 0 Å². The second kappa shape index (κ2) is 6.90. The number of amides is 1. The lowest BCUT2D eigenvalue weighted by Gasteiger charge is -2.30. The molecule has 0 unspecified atom stereocenters. The molecule has 2 heterocycles. The van der Waals surface area contributed by atoms with Gasteiger partial charge in [0.15, 0.2) is 5.69 Å². The molecule has 1 amide bonds. The van der Waals surface area contributed by atoms with Crippen LogP contribution in [0.25, 0.3) is 0 Å². The molecule has 0 aliphatic carbocycles. The Labute approximate surface area is 155 Å². The molecule has 0 saturated heterocycles. The second-order valence-corrected chi connectivity index (χ2v) is 7.57. The van der Waals surface area contributed by atoms with Crippen LogP contribution in [0.1, 0.15) is 43.3 Å². The molecule has 0 atom stereocenters. The fraction of sp³-hybridized carbons (Fsp3) is 0.474. The summed E-state index contributed by atoms with van der Waals surface area (Å²) in [6.45, 7) is 5.68. The largest absolute Gasteiger partial charge is 0.444 e. The van der Waals surface area contributed by atoms with E-state index in [1.54, 1.807) is 20.8 Å². The first-order valence-electron chi connectivity index (χ1n) is 8.72. The number of carbonyl (C=O) groups is 1. The van der Waals surface area contributed by atoms with Crippen LogP contribution in [-0.2, 0) is 30.4 Å². The van der Waals surface area contributed by atoms with Crippen LogP contribution in [0.4, 0.5) is 18.0 Å². The topological polar surface area (TPSA) is 47.4 Å². The lowest BCUT2D eigenvalue weighted by Crippen LogP contribution is -2.40. The average Bonchev–Trinajstić information content (AvgIpc) is 2.92. The number of aromatic nitrogens is 2. The van der Waals surface area contributed by atoms with Gasteiger partial charge in [-0.15, -0.1) is 0 Å². The number of alkyl halides is 3. The highest BCUT2D eigenvalue weighted by molar-refractivity contribution is 5.68. The summed E-state index contributed by atoms with van der Waals surface area (Å²) in [5, 5.41) is 3.84. The van der Waals surface area contributed by atoms with Crippen LogP contribution < -0.4 is 0 Å². The number of hydrogen-bond acceptors (Lipinski definition) is 3. The molecule has 0 radical (unpaired) electrons. The Hall–Kier alpha value is -2.51. The lowest BCUT2D eigenvalue weighted by molar-refractivity contribution is -0.142. The Morgan fingerprint density at radius 1 is 1.19 bits per heavy atom. The fourth-order valence-corrected chi connectivity index (χ4v) is 3.08. The summed E-state index contributed by atoms with van der Waals surface area (Å²) in [6, 6.07) is 9.14. The minimum atomic E-state index is -4.53. The first kappa shape index (κ1) is 19.3. The van der Waals surface area contributed by atoms with E-state index in [2.05, 4.69) is 5.10 Å². The predicted molar refractivity (Wildman–Crippen MR) is 93.1 cm³/mol. The number of rotatable bonds is 2. The van der Waals surface area contributed by atoms with E-state index in [9.17, 15) is 18.0 Å². The fourth-order valence-electron chi connectivity index (χ4n) is 3.08. The molecule has 1 aromatic heterocycles. The zero-order chi connectivity index (χ0) is 19.8. The zero-order valence-electron chi connectivity index (χ0n) is 15.5. The molecule has 8 heteroatoms. The third-order valence-electron chi connectivity index (χ3n) is 4.23. The summed E-state index contributed by atoms with van der Waals surface area (Å²) in [4.78, 5) is 13.8. The van der Waals surface area contributed by atoms with Crippen molar-refractivity contribution in [3.05, 3.63) is 52.8 Å². The molecule has 0 fully saturated rings. The highest BCUT2D eigenvalue weighted by Crippen LogP contribution is 2.35. The summed E-state index contributed by atoms with van der Waals surface area (Å²) in [5.74, 6) is 0. The van der Waals surface area contributed by atoms with Crippen LogP contribution >= 0.6 is 0 Å². The van der Waals surface area contributed by atoms with Gasteiger partial charge in [0.05, 0.1) is 18.8 Å². The van der Waals surface area contributed by atoms with E-state index in [1.807, 2.05) is 30.3 Å². The molecule has 3 rings (SSSR count). The van der Waals surface area contributed by atoms with E-state index in [4.69, 9.17) is 4.74 Å². The number of ether oxygens (including phenoxy) is 1. The van der Waals surface area contributed by atoms with Crippen LogP contribution in [0.2, 0.25) is 0 Å². The third kappa shape index (κ3) is 4.43. The maximum absolute atomic E-state index is 13.4. The Morgan fingerprint density at radius 2 is 1.85 bits per heavy atom. The predicted octanol–water partition coefficient (Wildman–Crippen LogP) is 4.24. The molecule has 5 nitrogen and oxygen atoms in total. The van der Waals surface area contributed by atoms with Crippen molar-refractivity contribution in [1.82, 2.24) is 14.7 Å². The Balaban J connectivity index is 1.92. The number of nitrogens with zero attached hydrogens (tertiary/aromatic N) is 3. The lowest BCUT2D eigenvalue weighted by atomic mass is 10.0. The maximum Gasteiger partial charge on any atom is 0.435 e. The van der Waals surface area contributed by atoms with Gasteiger partial charge in [-0.1, -0.05) is 30.3 Å². The maximum atomic E-state index is 13.4. The van der Waals surface area contributed by atoms with Crippen molar-refractivity contribution in [2.24, 2.45) is 0 Å². The van der Waals surface area contributed by atoms with Crippen molar-refractivity contribution < 1.29 is 22.7 Å². The van der Waals surface area contributed by atoms with Crippen molar-refractivity contribution in [3.63, 3.8) is 0 Å². The summed E-state index contributed by atoms with van der Waals surface area (Å²) in [5.41, 5.74) is -0.122. The summed E-state index contributed by atoms with van der Waals surface area (Å²) < 4.78 is 47.0. The van der Waals surface area contributed by atoms with Crippen LogP contribution in [0.5, 0.6) is 0 Å². The van der Waals surface area contributed by atoms with Gasteiger partial charge in [-0.05, 0) is 32.8 Å². The normalized spacial score (nSPS) is 14.8. The molecule has 1 aliphatic rings. The molecule has 2 aromatic rings. The van der Waals surface area contributed by atoms with Crippen molar-refractivity contribution in [2.45, 2.75) is 52.1 Å². The van der Waals surface area contributed by atoms with Crippen molar-refractivity contribution >= 4 is 6.09 Å². The minimum Gasteiger partial charge on any atom is -0.444 e. The molecule has 1 aromatic carbocycles. The van der Waals surface area contributed by atoms with E-state index in [0.717, 1.165) is 5.56 Å². The van der Waals surface area contributed by atoms with Crippen molar-refractivity contribution in [1.29, 1.82) is 0 Å². The third-order valence-corrected chi connectivity index (χ3v) is 4.23. The van der Waals surface area contributed by atoms with Crippen LogP contribution in [0, 0.1) is 0 Å². The molecule has 0 spiro atoms. The van der Waals surface area contributed by atoms with E-state index in [-0.39, 0.29) is 31.6 Å². The molecule has 27 heavy (non-hydrogen) atoms. The van der Waals surface area contributed by atoms with Crippen LogP contribution in [-0.4, -0.2) is 32.9 Å². The second-order valence-electron chi connectivity index (χ2n) is 7.57. The molecule has 0 saturated carbocycles. The van der Waals surface area contributed by atoms with Gasteiger partial charge >= 0.3 is 12.3 Å². The average molecular weight is 381 g/mol. The standard InChI is InChI=1S/C19H22F3N3O2/c1-18(2,3)27-17(26)24-10-9-14-15(12-24)25(23-16(14)19(20,21)22)11-13-7-5-4-6-8-13/h4-8H,9-12H2,1-3H3. The SMILES string of the molecule is CC(C)(C)OC(=O)N1CCc2c(C(F)(F)F)nn(Cc3ccccc3)c2C1. The molecule has 1 aliphatic heterocycles. The minimum absolute atomic E-state index is 0.0418. The first-order valence-corrected chi connectivity index (χ1v) is 8.72. The van der Waals surface area contributed by atoms with Gasteiger partial charge in [-0.2, -0.15) is 18.3 Å². The van der Waals surface area contributed by atoms with Gasteiger partial charge in [0.2, 0.25) is 0 Å². The monoisotopic (exact) mass is 381 g/mol. The summed E-state index contributed by atoms with van der Waals surface area (Å²) in [7, 11) is 0. The van der Waals surface area contributed by atoms with Crippen molar-refractivity contribution in [2.75, 3.05) is 6.54 Å². The van der Waals surface area contributed by atoms with Crippen molar-refractivity contribution in [3.8, 4) is 0 Å². The van der Waals surface area contributed by atoms with E-state index in [0.29, 0.717) is 5.69 Å². The quantitative estimate of drug-likeness (QED) is 0.782. The van der Waals surface area contributed by atoms with Gasteiger partial charge in [-0.25, -0.2) is 4.79 Å². The highest BCUT2D eigenvalue weighted by Gasteiger charge is 2.41. The molecule has 0 bridgehead atoms. The van der Waals surface area contributed by atoms with Gasteiger partial charge in [0, 0.05) is 12.1 Å². The summed E-state index contributed by atoms with van der Waals surface area (Å²) >= 11 is 0. The number of benzene rings is 1.